The second-order valence-corrected chi connectivity index (χ2v) is 8.87. The van der Waals surface area contributed by atoms with Crippen LogP contribution in [0.2, 0.25) is 0 Å². The van der Waals surface area contributed by atoms with Crippen molar-refractivity contribution in [1.29, 1.82) is 0 Å². The van der Waals surface area contributed by atoms with Gasteiger partial charge in [-0.1, -0.05) is 25.7 Å². The average molecular weight is 355 g/mol. The van der Waals surface area contributed by atoms with Crippen LogP contribution in [0.25, 0.3) is 0 Å². The Kier molecular flexibility index (Phi) is 4.70. The van der Waals surface area contributed by atoms with E-state index in [1.807, 2.05) is 0 Å². The summed E-state index contributed by atoms with van der Waals surface area (Å²) in [5.74, 6) is 1.31. The number of sulfonamides is 1. The number of hydrogen-bond acceptors (Lipinski definition) is 4. The molecule has 134 valence electrons. The standard InChI is InChI=1S/C16H25N3O4S/c1-18-10-14(15(20)19(2)16(18)21)24(22,23)17-13-8-7-11-5-3-4-6-12(11)9-13/h10-13,17H,3-9H2,1-2H3/t11-,12-,13-/m1/s1. The lowest BCUT2D eigenvalue weighted by molar-refractivity contribution is 0.152. The summed E-state index contributed by atoms with van der Waals surface area (Å²) in [6.45, 7) is 0. The van der Waals surface area contributed by atoms with Gasteiger partial charge >= 0.3 is 5.69 Å². The van der Waals surface area contributed by atoms with E-state index in [4.69, 9.17) is 0 Å². The predicted octanol–water partition coefficient (Wildman–Crippen LogP) is 0.721. The molecule has 8 heteroatoms. The zero-order valence-electron chi connectivity index (χ0n) is 14.2. The van der Waals surface area contributed by atoms with Crippen LogP contribution in [0.3, 0.4) is 0 Å². The zero-order chi connectivity index (χ0) is 17.5. The highest BCUT2D eigenvalue weighted by molar-refractivity contribution is 7.89. The Morgan fingerprint density at radius 3 is 2.42 bits per heavy atom. The highest BCUT2D eigenvalue weighted by Crippen LogP contribution is 2.40. The van der Waals surface area contributed by atoms with Crippen LogP contribution in [-0.4, -0.2) is 23.6 Å². The summed E-state index contributed by atoms with van der Waals surface area (Å²) >= 11 is 0. The normalized spacial score (nSPS) is 27.7. The molecule has 1 N–H and O–H groups in total. The highest BCUT2D eigenvalue weighted by Gasteiger charge is 2.34. The van der Waals surface area contributed by atoms with Gasteiger partial charge < -0.3 is 4.57 Å². The first-order chi connectivity index (χ1) is 11.3. The molecule has 0 unspecified atom stereocenters. The molecule has 0 saturated heterocycles. The molecule has 3 rings (SSSR count). The van der Waals surface area contributed by atoms with E-state index in [2.05, 4.69) is 4.72 Å². The third kappa shape index (κ3) is 3.21. The summed E-state index contributed by atoms with van der Waals surface area (Å²) < 4.78 is 30.0. The third-order valence-electron chi connectivity index (χ3n) is 5.57. The molecular formula is C16H25N3O4S. The number of fused-ring (bicyclic) bond motifs is 1. The molecule has 0 radical (unpaired) electrons. The van der Waals surface area contributed by atoms with Crippen molar-refractivity contribution in [3.63, 3.8) is 0 Å². The molecule has 0 aliphatic heterocycles. The Balaban J connectivity index is 1.82. The largest absolute Gasteiger partial charge is 0.330 e. The summed E-state index contributed by atoms with van der Waals surface area (Å²) in [6, 6.07) is -0.128. The van der Waals surface area contributed by atoms with E-state index in [-0.39, 0.29) is 10.9 Å². The SMILES string of the molecule is Cn1cc(S(=O)(=O)N[C@@H]2CC[C@H]3CCCC[C@@H]3C2)c(=O)n(C)c1=O. The molecule has 0 aromatic carbocycles. The first-order valence-corrected chi connectivity index (χ1v) is 10.1. The molecule has 2 aliphatic rings. The molecule has 0 spiro atoms. The summed E-state index contributed by atoms with van der Waals surface area (Å²) in [4.78, 5) is 23.6. The van der Waals surface area contributed by atoms with Gasteiger partial charge in [-0.05, 0) is 31.1 Å². The Hall–Kier alpha value is -1.41. The van der Waals surface area contributed by atoms with E-state index in [9.17, 15) is 18.0 Å². The number of nitrogens with zero attached hydrogens (tertiary/aromatic N) is 2. The van der Waals surface area contributed by atoms with E-state index in [0.717, 1.165) is 40.5 Å². The van der Waals surface area contributed by atoms with Crippen LogP contribution in [0.4, 0.5) is 0 Å². The van der Waals surface area contributed by atoms with Gasteiger partial charge in [0.25, 0.3) is 5.56 Å². The Morgan fingerprint density at radius 1 is 1.04 bits per heavy atom. The van der Waals surface area contributed by atoms with Crippen molar-refractivity contribution in [2.24, 2.45) is 25.9 Å². The van der Waals surface area contributed by atoms with Gasteiger partial charge in [0.05, 0.1) is 0 Å². The van der Waals surface area contributed by atoms with Crippen LogP contribution in [0.15, 0.2) is 20.7 Å². The molecule has 1 heterocycles. The van der Waals surface area contributed by atoms with Crippen molar-refractivity contribution in [2.45, 2.75) is 55.9 Å². The van der Waals surface area contributed by atoms with E-state index >= 15 is 0 Å². The van der Waals surface area contributed by atoms with Crippen molar-refractivity contribution in [2.75, 3.05) is 0 Å². The average Bonchev–Trinajstić information content (AvgIpc) is 2.55. The van der Waals surface area contributed by atoms with Gasteiger partial charge in [-0.3, -0.25) is 9.36 Å². The molecule has 2 saturated carbocycles. The maximum atomic E-state index is 12.7. The lowest BCUT2D eigenvalue weighted by atomic mass is 9.70. The van der Waals surface area contributed by atoms with E-state index in [0.29, 0.717) is 5.92 Å². The fourth-order valence-corrected chi connectivity index (χ4v) is 5.67. The highest BCUT2D eigenvalue weighted by atomic mass is 32.2. The van der Waals surface area contributed by atoms with E-state index in [1.165, 1.54) is 39.8 Å². The van der Waals surface area contributed by atoms with Crippen molar-refractivity contribution < 1.29 is 8.42 Å². The number of nitrogens with one attached hydrogen (secondary N) is 1. The second-order valence-electron chi connectivity index (χ2n) is 7.19. The summed E-state index contributed by atoms with van der Waals surface area (Å²) in [7, 11) is -1.21. The van der Waals surface area contributed by atoms with Crippen LogP contribution in [0.5, 0.6) is 0 Å². The van der Waals surface area contributed by atoms with Gasteiger partial charge in [-0.25, -0.2) is 17.9 Å². The molecule has 2 fully saturated rings. The smallest absolute Gasteiger partial charge is 0.302 e. The van der Waals surface area contributed by atoms with Gasteiger partial charge in [0.1, 0.15) is 0 Å². The Labute approximate surface area is 141 Å². The lowest BCUT2D eigenvalue weighted by Crippen LogP contribution is -2.45. The van der Waals surface area contributed by atoms with E-state index < -0.39 is 21.3 Å². The van der Waals surface area contributed by atoms with Crippen LogP contribution in [0, 0.1) is 11.8 Å². The zero-order valence-corrected chi connectivity index (χ0v) is 15.0. The molecular weight excluding hydrogens is 330 g/mol. The molecule has 24 heavy (non-hydrogen) atoms. The molecule has 2 aliphatic carbocycles. The van der Waals surface area contributed by atoms with Crippen molar-refractivity contribution in [1.82, 2.24) is 13.9 Å². The molecule has 7 nitrogen and oxygen atoms in total. The minimum absolute atomic E-state index is 0.128. The molecule has 0 bridgehead atoms. The number of aryl methyl sites for hydroxylation is 1. The fraction of sp³-hybridized carbons (Fsp3) is 0.750. The fourth-order valence-electron chi connectivity index (χ4n) is 4.22. The Morgan fingerprint density at radius 2 is 1.71 bits per heavy atom. The topological polar surface area (TPSA) is 90.2 Å². The second kappa shape index (κ2) is 6.48. The van der Waals surface area contributed by atoms with Gasteiger partial charge in [0.2, 0.25) is 10.0 Å². The van der Waals surface area contributed by atoms with Gasteiger partial charge in [0, 0.05) is 26.3 Å². The quantitative estimate of drug-likeness (QED) is 0.865. The van der Waals surface area contributed by atoms with Gasteiger partial charge in [-0.2, -0.15) is 0 Å². The van der Waals surface area contributed by atoms with Crippen LogP contribution in [0.1, 0.15) is 44.9 Å². The number of rotatable bonds is 3. The molecule has 1 aromatic rings. The first-order valence-electron chi connectivity index (χ1n) is 8.58. The maximum absolute atomic E-state index is 12.7. The summed E-state index contributed by atoms with van der Waals surface area (Å²) in [6.07, 6.45) is 8.74. The summed E-state index contributed by atoms with van der Waals surface area (Å²) in [5, 5.41) is 0. The molecule has 1 aromatic heterocycles. The minimum Gasteiger partial charge on any atom is -0.302 e. The minimum atomic E-state index is -3.93. The van der Waals surface area contributed by atoms with Crippen LogP contribution >= 0.6 is 0 Å². The van der Waals surface area contributed by atoms with Crippen LogP contribution in [-0.2, 0) is 24.1 Å². The predicted molar refractivity (Wildman–Crippen MR) is 90.3 cm³/mol. The van der Waals surface area contributed by atoms with Crippen LogP contribution < -0.4 is 16.0 Å². The van der Waals surface area contributed by atoms with Crippen molar-refractivity contribution in [3.8, 4) is 0 Å². The first kappa shape index (κ1) is 17.4. The van der Waals surface area contributed by atoms with Crippen molar-refractivity contribution in [3.05, 3.63) is 27.0 Å². The monoisotopic (exact) mass is 355 g/mol. The molecule has 0 amide bonds. The Bertz CT molecular complexity index is 840. The number of aromatic nitrogens is 2. The van der Waals surface area contributed by atoms with Crippen molar-refractivity contribution >= 4 is 10.0 Å². The van der Waals surface area contributed by atoms with E-state index in [1.54, 1.807) is 0 Å². The lowest BCUT2D eigenvalue weighted by Gasteiger charge is -2.39. The third-order valence-corrected chi connectivity index (χ3v) is 7.07. The van der Waals surface area contributed by atoms with Gasteiger partial charge in [0.15, 0.2) is 4.90 Å². The maximum Gasteiger partial charge on any atom is 0.330 e. The van der Waals surface area contributed by atoms with Gasteiger partial charge in [-0.15, -0.1) is 0 Å². The molecule has 3 atom stereocenters. The summed E-state index contributed by atoms with van der Waals surface area (Å²) in [5.41, 5.74) is -1.32. The number of hydrogen-bond donors (Lipinski definition) is 1.